The van der Waals surface area contributed by atoms with Gasteiger partial charge in [-0.2, -0.15) is 0 Å². The highest BCUT2D eigenvalue weighted by atomic mass is 13.9. The average Bonchev–Trinajstić information content (AvgIpc) is 2.23. The zero-order valence-corrected chi connectivity index (χ0v) is 10.2. The van der Waals surface area contributed by atoms with Crippen LogP contribution in [0.1, 0.15) is 26.7 Å². The molecule has 0 rings (SSSR count). The van der Waals surface area contributed by atoms with Gasteiger partial charge in [-0.15, -0.1) is 6.42 Å². The number of allylic oxidation sites excluding steroid dienone is 9. The Kier molecular flexibility index (Phi) is 8.74. The molecule has 0 unspecified atom stereocenters. The SMILES string of the molecule is C#C/C=C\C=C(\C)CC/C=C\C=C/C(=C)C. The first-order valence-corrected chi connectivity index (χ1v) is 5.44. The van der Waals surface area contributed by atoms with Crippen molar-refractivity contribution in [1.29, 1.82) is 0 Å². The number of rotatable bonds is 6. The van der Waals surface area contributed by atoms with Crippen LogP contribution in [-0.4, -0.2) is 0 Å². The van der Waals surface area contributed by atoms with Crippen molar-refractivity contribution in [2.24, 2.45) is 0 Å². The Morgan fingerprint density at radius 1 is 1.25 bits per heavy atom. The molecule has 0 atom stereocenters. The van der Waals surface area contributed by atoms with Crippen LogP contribution in [0.3, 0.4) is 0 Å². The van der Waals surface area contributed by atoms with E-state index in [2.05, 4.69) is 37.7 Å². The van der Waals surface area contributed by atoms with Crippen molar-refractivity contribution in [1.82, 2.24) is 0 Å². The molecule has 0 N–H and O–H groups in total. The van der Waals surface area contributed by atoms with Crippen molar-refractivity contribution in [3.8, 4) is 12.3 Å². The maximum absolute atomic E-state index is 5.10. The average molecular weight is 212 g/mol. The van der Waals surface area contributed by atoms with Gasteiger partial charge in [-0.1, -0.05) is 60.1 Å². The summed E-state index contributed by atoms with van der Waals surface area (Å²) in [5, 5.41) is 0. The summed E-state index contributed by atoms with van der Waals surface area (Å²) < 4.78 is 0. The van der Waals surface area contributed by atoms with Crippen molar-refractivity contribution in [2.75, 3.05) is 0 Å². The van der Waals surface area contributed by atoms with Crippen LogP contribution in [-0.2, 0) is 0 Å². The number of hydrogen-bond acceptors (Lipinski definition) is 0. The van der Waals surface area contributed by atoms with Crippen LogP contribution < -0.4 is 0 Å². The Balaban J connectivity index is 3.82. The summed E-state index contributed by atoms with van der Waals surface area (Å²) in [6.07, 6.45) is 21.1. The fourth-order valence-corrected chi connectivity index (χ4v) is 1.06. The molecule has 0 amide bonds. The van der Waals surface area contributed by atoms with Gasteiger partial charge in [-0.3, -0.25) is 0 Å². The zero-order chi connectivity index (χ0) is 12.2. The molecule has 0 aliphatic carbocycles. The third-order valence-corrected chi connectivity index (χ3v) is 1.91. The van der Waals surface area contributed by atoms with Gasteiger partial charge in [0.1, 0.15) is 0 Å². The summed E-state index contributed by atoms with van der Waals surface area (Å²) in [5.41, 5.74) is 2.40. The van der Waals surface area contributed by atoms with Crippen molar-refractivity contribution in [3.05, 3.63) is 60.3 Å². The number of terminal acetylenes is 1. The van der Waals surface area contributed by atoms with E-state index in [-0.39, 0.29) is 0 Å². The predicted molar refractivity (Wildman–Crippen MR) is 74.1 cm³/mol. The van der Waals surface area contributed by atoms with Gasteiger partial charge in [0.05, 0.1) is 0 Å². The Labute approximate surface area is 99.8 Å². The summed E-state index contributed by atoms with van der Waals surface area (Å²) in [6, 6.07) is 0. The van der Waals surface area contributed by atoms with Crippen LogP contribution in [0.5, 0.6) is 0 Å². The molecule has 0 spiro atoms. The van der Waals surface area contributed by atoms with Gasteiger partial charge in [0.2, 0.25) is 0 Å². The minimum atomic E-state index is 1.05. The third kappa shape index (κ3) is 10.3. The fourth-order valence-electron chi connectivity index (χ4n) is 1.06. The fraction of sp³-hybridized carbons (Fsp3) is 0.250. The van der Waals surface area contributed by atoms with Gasteiger partial charge in [-0.25, -0.2) is 0 Å². The molecule has 0 saturated heterocycles. The Morgan fingerprint density at radius 3 is 2.62 bits per heavy atom. The molecule has 0 nitrogen and oxygen atoms in total. The maximum Gasteiger partial charge on any atom is -0.0122 e. The van der Waals surface area contributed by atoms with E-state index in [0.29, 0.717) is 0 Å². The lowest BCUT2D eigenvalue weighted by Gasteiger charge is -1.94. The predicted octanol–water partition coefficient (Wildman–Crippen LogP) is 4.59. The second kappa shape index (κ2) is 9.80. The molecule has 0 radical (unpaired) electrons. The third-order valence-electron chi connectivity index (χ3n) is 1.91. The van der Waals surface area contributed by atoms with E-state index < -0.39 is 0 Å². The maximum atomic E-state index is 5.10. The highest BCUT2D eigenvalue weighted by molar-refractivity contribution is 5.19. The summed E-state index contributed by atoms with van der Waals surface area (Å²) in [6.45, 7) is 7.88. The molecule has 0 aliphatic heterocycles. The second-order valence-corrected chi connectivity index (χ2v) is 3.71. The molecule has 0 bridgehead atoms. The van der Waals surface area contributed by atoms with E-state index in [1.807, 2.05) is 25.2 Å². The molecule has 16 heavy (non-hydrogen) atoms. The largest absolute Gasteiger partial charge is 0.115 e. The topological polar surface area (TPSA) is 0 Å². The van der Waals surface area contributed by atoms with Gasteiger partial charge in [0.15, 0.2) is 0 Å². The van der Waals surface area contributed by atoms with Crippen LogP contribution in [0.25, 0.3) is 0 Å². The van der Waals surface area contributed by atoms with Crippen molar-refractivity contribution in [3.63, 3.8) is 0 Å². The summed E-state index contributed by atoms with van der Waals surface area (Å²) in [5.74, 6) is 2.46. The normalized spacial score (nSPS) is 12.7. The standard InChI is InChI=1S/C16H20/c1-5-6-9-13-16(4)14-11-8-7-10-12-15(2)3/h1,6-10,12-13H,2,11,14H2,3-4H3/b8-7-,9-6-,12-10-,16-13-. The Morgan fingerprint density at radius 2 is 2.00 bits per heavy atom. The minimum Gasteiger partial charge on any atom is -0.115 e. The minimum absolute atomic E-state index is 1.05. The summed E-state index contributed by atoms with van der Waals surface area (Å²) >= 11 is 0. The summed E-state index contributed by atoms with van der Waals surface area (Å²) in [7, 11) is 0. The van der Waals surface area contributed by atoms with E-state index in [0.717, 1.165) is 18.4 Å². The van der Waals surface area contributed by atoms with E-state index >= 15 is 0 Å². The molecular weight excluding hydrogens is 192 g/mol. The van der Waals surface area contributed by atoms with Crippen LogP contribution in [0.15, 0.2) is 60.3 Å². The zero-order valence-electron chi connectivity index (χ0n) is 10.2. The molecule has 0 fully saturated rings. The van der Waals surface area contributed by atoms with Gasteiger partial charge >= 0.3 is 0 Å². The molecule has 84 valence electrons. The van der Waals surface area contributed by atoms with E-state index in [1.54, 1.807) is 6.08 Å². The van der Waals surface area contributed by atoms with Crippen LogP contribution >= 0.6 is 0 Å². The van der Waals surface area contributed by atoms with Crippen molar-refractivity contribution >= 4 is 0 Å². The lowest BCUT2D eigenvalue weighted by atomic mass is 10.1. The molecule has 0 heterocycles. The lowest BCUT2D eigenvalue weighted by Crippen LogP contribution is -1.74. The van der Waals surface area contributed by atoms with E-state index in [4.69, 9.17) is 6.42 Å². The van der Waals surface area contributed by atoms with Crippen LogP contribution in [0.4, 0.5) is 0 Å². The molecule has 0 heteroatoms. The summed E-state index contributed by atoms with van der Waals surface area (Å²) in [4.78, 5) is 0. The highest BCUT2D eigenvalue weighted by Gasteiger charge is 1.84. The molecular formula is C16H20. The van der Waals surface area contributed by atoms with E-state index in [1.165, 1.54) is 5.57 Å². The number of hydrogen-bond donors (Lipinski definition) is 0. The Hall–Kier alpha value is -1.74. The van der Waals surface area contributed by atoms with Gasteiger partial charge in [-0.05, 0) is 32.8 Å². The van der Waals surface area contributed by atoms with Gasteiger partial charge in [0, 0.05) is 0 Å². The van der Waals surface area contributed by atoms with Crippen molar-refractivity contribution < 1.29 is 0 Å². The van der Waals surface area contributed by atoms with Gasteiger partial charge < -0.3 is 0 Å². The quantitative estimate of drug-likeness (QED) is 0.446. The molecule has 0 aliphatic rings. The first kappa shape index (κ1) is 14.3. The second-order valence-electron chi connectivity index (χ2n) is 3.71. The van der Waals surface area contributed by atoms with Gasteiger partial charge in [0.25, 0.3) is 0 Å². The molecule has 0 aromatic carbocycles. The Bertz CT molecular complexity index is 354. The van der Waals surface area contributed by atoms with Crippen LogP contribution in [0, 0.1) is 12.3 Å². The smallest absolute Gasteiger partial charge is 0.0122 e. The lowest BCUT2D eigenvalue weighted by molar-refractivity contribution is 0.978. The first-order chi connectivity index (χ1) is 7.66. The molecule has 0 aromatic rings. The molecule has 0 saturated carbocycles. The monoisotopic (exact) mass is 212 g/mol. The highest BCUT2D eigenvalue weighted by Crippen LogP contribution is 2.04. The van der Waals surface area contributed by atoms with Crippen molar-refractivity contribution in [2.45, 2.75) is 26.7 Å². The van der Waals surface area contributed by atoms with Crippen LogP contribution in [0.2, 0.25) is 0 Å². The van der Waals surface area contributed by atoms with E-state index in [9.17, 15) is 0 Å². The first-order valence-electron chi connectivity index (χ1n) is 5.44. The molecule has 0 aromatic heterocycles.